The van der Waals surface area contributed by atoms with Crippen molar-refractivity contribution in [1.82, 2.24) is 4.31 Å². The first-order chi connectivity index (χ1) is 14.2. The first kappa shape index (κ1) is 21.9. The lowest BCUT2D eigenvalue weighted by Gasteiger charge is -2.22. The average Bonchev–Trinajstić information content (AvgIpc) is 3.23. The Balaban J connectivity index is 1.69. The van der Waals surface area contributed by atoms with E-state index in [-0.39, 0.29) is 29.1 Å². The number of carbonyl (C=O) groups is 2. The molecule has 1 aliphatic rings. The van der Waals surface area contributed by atoms with Crippen molar-refractivity contribution in [3.05, 3.63) is 69.2 Å². The molecule has 1 atom stereocenters. The quantitative estimate of drug-likeness (QED) is 0.274. The topological polar surface area (TPSA) is 124 Å². The summed E-state index contributed by atoms with van der Waals surface area (Å²) in [5.74, 6) is -1.47. The Labute approximate surface area is 177 Å². The second kappa shape index (κ2) is 8.90. The van der Waals surface area contributed by atoms with E-state index in [0.29, 0.717) is 11.4 Å². The Hall–Kier alpha value is -2.82. The first-order valence-corrected chi connectivity index (χ1v) is 10.7. The van der Waals surface area contributed by atoms with Crippen LogP contribution < -0.4 is 0 Å². The smallest absolute Gasteiger partial charge is 0.324 e. The van der Waals surface area contributed by atoms with Crippen LogP contribution in [0.3, 0.4) is 0 Å². The highest BCUT2D eigenvalue weighted by Crippen LogP contribution is 2.27. The maximum absolute atomic E-state index is 12.9. The molecule has 158 valence electrons. The highest BCUT2D eigenvalue weighted by atomic mass is 35.5. The number of ketones is 1. The number of benzene rings is 2. The summed E-state index contributed by atoms with van der Waals surface area (Å²) in [6.45, 7) is -0.505. The summed E-state index contributed by atoms with van der Waals surface area (Å²) in [6, 6.07) is 9.58. The van der Waals surface area contributed by atoms with Gasteiger partial charge in [0.1, 0.15) is 6.04 Å². The van der Waals surface area contributed by atoms with Crippen molar-refractivity contribution in [3.8, 4) is 0 Å². The Kier molecular flexibility index (Phi) is 6.49. The number of carbonyl (C=O) groups excluding carboxylic acids is 2. The van der Waals surface area contributed by atoms with Gasteiger partial charge in [-0.2, -0.15) is 4.31 Å². The highest BCUT2D eigenvalue weighted by molar-refractivity contribution is 7.89. The maximum Gasteiger partial charge on any atom is 0.324 e. The number of nitro benzene ring substituents is 1. The van der Waals surface area contributed by atoms with Crippen LogP contribution >= 0.6 is 11.6 Å². The van der Waals surface area contributed by atoms with E-state index in [1.54, 1.807) is 0 Å². The molecule has 0 amide bonds. The van der Waals surface area contributed by atoms with Gasteiger partial charge in [0.25, 0.3) is 5.69 Å². The van der Waals surface area contributed by atoms with Gasteiger partial charge in [-0.15, -0.1) is 0 Å². The average molecular weight is 453 g/mol. The second-order valence-electron chi connectivity index (χ2n) is 6.57. The third kappa shape index (κ3) is 4.66. The number of Topliss-reactive ketones (excluding diaryl/α,β-unsaturated/α-hetero) is 1. The van der Waals surface area contributed by atoms with Crippen LogP contribution in [0.4, 0.5) is 5.69 Å². The summed E-state index contributed by atoms with van der Waals surface area (Å²) in [5, 5.41) is 11.2. The van der Waals surface area contributed by atoms with Crippen molar-refractivity contribution in [3.63, 3.8) is 0 Å². The molecule has 0 bridgehead atoms. The number of halogens is 1. The Bertz CT molecular complexity index is 1090. The Morgan fingerprint density at radius 2 is 1.90 bits per heavy atom. The molecule has 1 saturated heterocycles. The molecule has 0 spiro atoms. The number of non-ortho nitro benzene ring substituents is 1. The molecule has 2 aromatic carbocycles. The molecule has 0 saturated carbocycles. The molecule has 2 aromatic rings. The number of rotatable bonds is 7. The summed E-state index contributed by atoms with van der Waals surface area (Å²) in [7, 11) is -3.94. The molecular formula is C19H17ClN2O7S. The Morgan fingerprint density at radius 1 is 1.20 bits per heavy atom. The Morgan fingerprint density at radius 3 is 2.57 bits per heavy atom. The van der Waals surface area contributed by atoms with Crippen molar-refractivity contribution >= 4 is 39.1 Å². The molecule has 0 aromatic heterocycles. The highest BCUT2D eigenvalue weighted by Gasteiger charge is 2.40. The monoisotopic (exact) mass is 452 g/mol. The standard InChI is InChI=1S/C19H17ClN2O7S/c20-14-6-8-16(9-7-14)30(27,28)21-10-2-5-17(21)19(24)29-12-18(23)13-3-1-4-15(11-13)22(25)26/h1,3-4,6-9,11,17H,2,5,10,12H2/t17-/m0/s1. The minimum absolute atomic E-state index is 0.000675. The van der Waals surface area contributed by atoms with Gasteiger partial charge in [-0.25, -0.2) is 8.42 Å². The van der Waals surface area contributed by atoms with Gasteiger partial charge in [0.2, 0.25) is 15.8 Å². The molecule has 1 aliphatic heterocycles. The molecule has 9 nitrogen and oxygen atoms in total. The van der Waals surface area contributed by atoms with E-state index in [1.165, 1.54) is 42.5 Å². The third-order valence-corrected chi connectivity index (χ3v) is 6.79. The van der Waals surface area contributed by atoms with E-state index in [0.717, 1.165) is 10.4 Å². The number of sulfonamides is 1. The van der Waals surface area contributed by atoms with Crippen molar-refractivity contribution in [2.45, 2.75) is 23.8 Å². The maximum atomic E-state index is 12.9. The lowest BCUT2D eigenvalue weighted by Crippen LogP contribution is -2.41. The van der Waals surface area contributed by atoms with Crippen molar-refractivity contribution < 1.29 is 27.7 Å². The number of hydrogen-bond acceptors (Lipinski definition) is 7. The number of esters is 1. The predicted octanol–water partition coefficient (Wildman–Crippen LogP) is 2.83. The van der Waals surface area contributed by atoms with Crippen LogP contribution in [0.1, 0.15) is 23.2 Å². The van der Waals surface area contributed by atoms with Crippen LogP contribution in [-0.2, 0) is 19.6 Å². The van der Waals surface area contributed by atoms with Gasteiger partial charge in [0.05, 0.1) is 9.82 Å². The SMILES string of the molecule is O=C(COC(=O)[C@@H]1CCCN1S(=O)(=O)c1ccc(Cl)cc1)c1cccc([N+](=O)[O-])c1. The van der Waals surface area contributed by atoms with Gasteiger partial charge in [0.15, 0.2) is 6.61 Å². The van der Waals surface area contributed by atoms with Crippen LogP contribution in [-0.4, -0.2) is 48.6 Å². The fraction of sp³-hybridized carbons (Fsp3) is 0.263. The van der Waals surface area contributed by atoms with E-state index in [9.17, 15) is 28.1 Å². The van der Waals surface area contributed by atoms with E-state index < -0.39 is 39.3 Å². The zero-order valence-corrected chi connectivity index (χ0v) is 17.1. The fourth-order valence-corrected chi connectivity index (χ4v) is 4.89. The number of hydrogen-bond donors (Lipinski definition) is 0. The first-order valence-electron chi connectivity index (χ1n) is 8.92. The van der Waals surface area contributed by atoms with E-state index in [4.69, 9.17) is 16.3 Å². The van der Waals surface area contributed by atoms with Gasteiger partial charge < -0.3 is 4.74 Å². The molecule has 30 heavy (non-hydrogen) atoms. The zero-order chi connectivity index (χ0) is 21.9. The molecule has 0 N–H and O–H groups in total. The second-order valence-corrected chi connectivity index (χ2v) is 8.89. The van der Waals surface area contributed by atoms with Gasteiger partial charge in [-0.1, -0.05) is 23.7 Å². The summed E-state index contributed by atoms with van der Waals surface area (Å²) in [4.78, 5) is 34.9. The van der Waals surface area contributed by atoms with Crippen LogP contribution in [0.5, 0.6) is 0 Å². The van der Waals surface area contributed by atoms with Crippen LogP contribution in [0.25, 0.3) is 0 Å². The van der Waals surface area contributed by atoms with Crippen molar-refractivity contribution in [1.29, 1.82) is 0 Å². The summed E-state index contributed by atoms with van der Waals surface area (Å²) in [6.07, 6.45) is 0.724. The van der Waals surface area contributed by atoms with Crippen LogP contribution in [0.15, 0.2) is 53.4 Å². The molecule has 1 heterocycles. The minimum Gasteiger partial charge on any atom is -0.456 e. The summed E-state index contributed by atoms with van der Waals surface area (Å²) in [5.41, 5.74) is -0.239. The van der Waals surface area contributed by atoms with Gasteiger partial charge in [-0.3, -0.25) is 19.7 Å². The molecule has 11 heteroatoms. The van der Waals surface area contributed by atoms with E-state index >= 15 is 0 Å². The third-order valence-electron chi connectivity index (χ3n) is 4.62. The van der Waals surface area contributed by atoms with Crippen LogP contribution in [0.2, 0.25) is 5.02 Å². The summed E-state index contributed by atoms with van der Waals surface area (Å²) >= 11 is 5.80. The van der Waals surface area contributed by atoms with Crippen molar-refractivity contribution in [2.75, 3.05) is 13.2 Å². The largest absolute Gasteiger partial charge is 0.456 e. The molecular weight excluding hydrogens is 436 g/mol. The lowest BCUT2D eigenvalue weighted by molar-refractivity contribution is -0.384. The number of nitro groups is 1. The molecule has 0 aliphatic carbocycles. The zero-order valence-electron chi connectivity index (χ0n) is 15.6. The predicted molar refractivity (Wildman–Crippen MR) is 107 cm³/mol. The van der Waals surface area contributed by atoms with E-state index in [1.807, 2.05) is 0 Å². The van der Waals surface area contributed by atoms with E-state index in [2.05, 4.69) is 0 Å². The van der Waals surface area contributed by atoms with Gasteiger partial charge in [0, 0.05) is 29.3 Å². The fourth-order valence-electron chi connectivity index (χ4n) is 3.11. The van der Waals surface area contributed by atoms with Crippen molar-refractivity contribution in [2.24, 2.45) is 0 Å². The van der Waals surface area contributed by atoms with Crippen LogP contribution in [0, 0.1) is 10.1 Å². The molecule has 0 radical (unpaired) electrons. The molecule has 1 fully saturated rings. The lowest BCUT2D eigenvalue weighted by atomic mass is 10.1. The van der Waals surface area contributed by atoms with Gasteiger partial charge >= 0.3 is 5.97 Å². The number of ether oxygens (including phenoxy) is 1. The normalized spacial score (nSPS) is 16.9. The van der Waals surface area contributed by atoms with Gasteiger partial charge in [-0.05, 0) is 37.1 Å². The molecule has 3 rings (SSSR count). The molecule has 0 unspecified atom stereocenters. The minimum atomic E-state index is -3.94. The summed E-state index contributed by atoms with van der Waals surface area (Å²) < 4.78 is 31.8. The number of nitrogens with zero attached hydrogens (tertiary/aromatic N) is 2.